The summed E-state index contributed by atoms with van der Waals surface area (Å²) in [5, 5.41) is 3.03. The molecule has 13 aromatic rings. The van der Waals surface area contributed by atoms with Gasteiger partial charge in [-0.2, -0.15) is 15.0 Å². The van der Waals surface area contributed by atoms with Crippen LogP contribution in [0, 0.1) is 0 Å². The fraction of sp³-hybridized carbons (Fsp3) is 0. The summed E-state index contributed by atoms with van der Waals surface area (Å²) in [5.74, 6) is -1.08. The topological polar surface area (TPSA) is 53.5 Å². The summed E-state index contributed by atoms with van der Waals surface area (Å²) in [4.78, 5) is 14.7. The Kier molecular flexibility index (Phi) is 4.12. The van der Waals surface area contributed by atoms with Crippen LogP contribution in [-0.4, -0.2) is 28.7 Å². The fourth-order valence-corrected chi connectivity index (χ4v) is 9.35. The molecule has 0 atom stereocenters. The van der Waals surface area contributed by atoms with Gasteiger partial charge in [-0.25, -0.2) is 0 Å². The number of aromatic nitrogens is 6. The van der Waals surface area contributed by atoms with Crippen LogP contribution in [0.1, 0.15) is 21.9 Å². The lowest BCUT2D eigenvalue weighted by atomic mass is 10.1. The van der Waals surface area contributed by atoms with Gasteiger partial charge in [0.25, 0.3) is 0 Å². The molecule has 0 unspecified atom stereocenters. The van der Waals surface area contributed by atoms with Crippen molar-refractivity contribution in [3.8, 4) is 29.0 Å². The number of para-hydroxylation sites is 5. The minimum absolute atomic E-state index is 0.146. The number of fused-ring (bicyclic) bond motifs is 13. The van der Waals surface area contributed by atoms with Gasteiger partial charge in [0.05, 0.1) is 55.0 Å². The van der Waals surface area contributed by atoms with Gasteiger partial charge in [0.1, 0.15) is 0 Å². The predicted octanol–water partition coefficient (Wildman–Crippen LogP) is 13.2. The van der Waals surface area contributed by atoms with E-state index < -0.39 is 109 Å². The Morgan fingerprint density at radius 1 is 0.414 bits per heavy atom. The highest BCUT2D eigenvalue weighted by atomic mass is 32.1. The molecule has 0 radical (unpaired) electrons. The minimum atomic E-state index is -0.697. The lowest BCUT2D eigenvalue weighted by Crippen LogP contribution is -2.10. The van der Waals surface area contributed by atoms with Gasteiger partial charge < -0.3 is 4.57 Å². The van der Waals surface area contributed by atoms with E-state index in [1.807, 2.05) is 48.5 Å². The van der Waals surface area contributed by atoms with Gasteiger partial charge in [0.2, 0.25) is 11.9 Å². The van der Waals surface area contributed by atoms with E-state index >= 15 is 0 Å². The summed E-state index contributed by atoms with van der Waals surface area (Å²) in [5.41, 5.74) is 1.49. The molecule has 5 aromatic heterocycles. The van der Waals surface area contributed by atoms with Crippen LogP contribution in [0.5, 0.6) is 0 Å². The maximum atomic E-state index is 9.28. The highest BCUT2D eigenvalue weighted by Gasteiger charge is 2.22. The minimum Gasteiger partial charge on any atom is -0.309 e. The summed E-state index contributed by atoms with van der Waals surface area (Å²) in [6.07, 6.45) is 0. The standard InChI is InChI=1S/C51H30N6S/c1-8-23-41-33(16-1)34-17-2-9-24-42(34)56(41)50-52-49(53-51(54-50)57-43-25-10-3-18-35(43)36-19-4-11-26-44(36)57)31-14-13-15-32(30-31)55-40-22-7-5-20-37(40)38-28-29-46-47(48(38)55)39-21-6-12-27-45(39)58-46/h1-30H/i1D,2D,3D,4D,8D,9D,10D,11D,16D,17D,18D,19D,23D,24D,25D,26D. The van der Waals surface area contributed by atoms with Crippen molar-refractivity contribution in [2.24, 2.45) is 0 Å². The smallest absolute Gasteiger partial charge is 0.240 e. The summed E-state index contributed by atoms with van der Waals surface area (Å²) < 4.78 is 150. The van der Waals surface area contributed by atoms with Gasteiger partial charge in [-0.1, -0.05) is 127 Å². The largest absolute Gasteiger partial charge is 0.309 e. The second-order valence-corrected chi connectivity index (χ2v) is 14.7. The molecule has 0 fully saturated rings. The molecule has 0 saturated heterocycles. The van der Waals surface area contributed by atoms with Crippen molar-refractivity contribution in [1.29, 1.82) is 0 Å². The molecule has 7 heteroatoms. The molecule has 0 spiro atoms. The molecule has 0 amide bonds. The molecule has 0 saturated carbocycles. The maximum Gasteiger partial charge on any atom is 0.240 e. The molecule has 0 aliphatic carbocycles. The van der Waals surface area contributed by atoms with Gasteiger partial charge in [-0.15, -0.1) is 11.3 Å². The second kappa shape index (κ2) is 11.9. The number of benzene rings is 8. The second-order valence-electron chi connectivity index (χ2n) is 13.7. The van der Waals surface area contributed by atoms with Crippen LogP contribution in [0.3, 0.4) is 0 Å². The van der Waals surface area contributed by atoms with Crippen molar-refractivity contribution in [3.05, 3.63) is 182 Å². The van der Waals surface area contributed by atoms with Crippen LogP contribution in [0.25, 0.3) is 115 Å². The zero-order valence-electron chi connectivity index (χ0n) is 45.7. The highest BCUT2D eigenvalue weighted by Crippen LogP contribution is 2.43. The summed E-state index contributed by atoms with van der Waals surface area (Å²) in [6.45, 7) is 0. The monoisotopic (exact) mass is 774 g/mol. The Balaban J connectivity index is 1.21. The van der Waals surface area contributed by atoms with E-state index in [1.54, 1.807) is 23.5 Å². The number of nitrogens with zero attached hydrogens (tertiary/aromatic N) is 6. The van der Waals surface area contributed by atoms with Crippen molar-refractivity contribution in [1.82, 2.24) is 28.7 Å². The van der Waals surface area contributed by atoms with Crippen molar-refractivity contribution in [3.63, 3.8) is 0 Å². The first-order valence-corrected chi connectivity index (χ1v) is 19.0. The first kappa shape index (κ1) is 20.0. The lowest BCUT2D eigenvalue weighted by Gasteiger charge is -2.14. The Bertz CT molecular complexity index is 4430. The van der Waals surface area contributed by atoms with E-state index in [2.05, 4.69) is 28.8 Å². The van der Waals surface area contributed by atoms with Gasteiger partial charge in [0.15, 0.2) is 5.82 Å². The van der Waals surface area contributed by atoms with E-state index in [1.165, 1.54) is 0 Å². The van der Waals surface area contributed by atoms with Gasteiger partial charge in [0, 0.05) is 63.7 Å². The third-order valence-corrected chi connectivity index (χ3v) is 11.8. The van der Waals surface area contributed by atoms with Crippen LogP contribution < -0.4 is 0 Å². The van der Waals surface area contributed by atoms with Crippen LogP contribution in [-0.2, 0) is 0 Å². The first-order chi connectivity index (χ1) is 35.4. The summed E-state index contributed by atoms with van der Waals surface area (Å²) in [6, 6.07) is 17.1. The van der Waals surface area contributed by atoms with Gasteiger partial charge >= 0.3 is 0 Å². The molecule has 0 aliphatic rings. The molecule has 8 aromatic carbocycles. The van der Waals surface area contributed by atoms with Crippen LogP contribution >= 0.6 is 11.3 Å². The predicted molar refractivity (Wildman–Crippen MR) is 241 cm³/mol. The first-order valence-electron chi connectivity index (χ1n) is 26.1. The van der Waals surface area contributed by atoms with Crippen LogP contribution in [0.4, 0.5) is 0 Å². The van der Waals surface area contributed by atoms with E-state index in [0.717, 1.165) is 51.1 Å². The Morgan fingerprint density at radius 3 is 1.59 bits per heavy atom. The molecule has 0 aliphatic heterocycles. The van der Waals surface area contributed by atoms with Crippen LogP contribution in [0.15, 0.2) is 182 Å². The average molecular weight is 775 g/mol. The number of rotatable bonds is 4. The molecule has 5 heterocycles. The summed E-state index contributed by atoms with van der Waals surface area (Å²) in [7, 11) is 0. The van der Waals surface area contributed by atoms with Gasteiger partial charge in [-0.05, 0) is 54.5 Å². The van der Waals surface area contributed by atoms with E-state index in [4.69, 9.17) is 31.4 Å². The molecule has 13 rings (SSSR count). The highest BCUT2D eigenvalue weighted by molar-refractivity contribution is 7.26. The van der Waals surface area contributed by atoms with Crippen molar-refractivity contribution >= 4 is 96.9 Å². The molecule has 270 valence electrons. The molecular formula is C51H30N6S. The maximum absolute atomic E-state index is 9.28. The van der Waals surface area contributed by atoms with E-state index in [-0.39, 0.29) is 49.4 Å². The number of thiophene rings is 1. The third kappa shape index (κ3) is 4.39. The molecule has 6 nitrogen and oxygen atoms in total. The molecular weight excluding hydrogens is 729 g/mol. The van der Waals surface area contributed by atoms with E-state index in [9.17, 15) is 5.48 Å². The molecule has 0 N–H and O–H groups in total. The lowest BCUT2D eigenvalue weighted by molar-refractivity contribution is 0.892. The normalized spacial score (nSPS) is 16.0. The quantitative estimate of drug-likeness (QED) is 0.179. The zero-order valence-corrected chi connectivity index (χ0v) is 30.5. The Morgan fingerprint density at radius 2 is 0.966 bits per heavy atom. The van der Waals surface area contributed by atoms with Crippen LogP contribution in [0.2, 0.25) is 0 Å². The Labute approximate surface area is 357 Å². The van der Waals surface area contributed by atoms with E-state index in [0.29, 0.717) is 11.3 Å². The number of hydrogen-bond donors (Lipinski definition) is 0. The average Bonchev–Trinajstić information content (AvgIpc) is 4.18. The summed E-state index contributed by atoms with van der Waals surface area (Å²) >= 11 is 1.67. The fourth-order valence-electron chi connectivity index (χ4n) is 8.24. The third-order valence-electron chi connectivity index (χ3n) is 10.6. The molecule has 0 bridgehead atoms. The van der Waals surface area contributed by atoms with Gasteiger partial charge in [-0.3, -0.25) is 9.13 Å². The molecule has 58 heavy (non-hydrogen) atoms. The Hall–Kier alpha value is -7.61. The van der Waals surface area contributed by atoms with Crippen molar-refractivity contribution in [2.45, 2.75) is 0 Å². The van der Waals surface area contributed by atoms with Crippen molar-refractivity contribution < 1.29 is 21.9 Å². The zero-order chi connectivity index (χ0) is 51.8. The SMILES string of the molecule is [2H]c1c([2H])c([2H])c2c(c1[2H])c1c([2H])c([2H])c([2H])c([2H])c1n2-c1nc(-c2cccc(-n3c4ccccc4c4ccc5sc6ccccc6c5c43)c2)nc(-n2c3c([2H])c([2H])c([2H])c([2H])c3c3c([2H])c([2H])c([2H])c([2H])c32)n1. The number of hydrogen-bond acceptors (Lipinski definition) is 4. The van der Waals surface area contributed by atoms with Crippen molar-refractivity contribution in [2.75, 3.05) is 0 Å².